The first-order valence-corrected chi connectivity index (χ1v) is 7.04. The zero-order valence-corrected chi connectivity index (χ0v) is 11.6. The molecular weight excluding hydrogens is 254 g/mol. The van der Waals surface area contributed by atoms with Crippen LogP contribution in [-0.2, 0) is 11.3 Å². The second kappa shape index (κ2) is 5.58. The van der Waals surface area contributed by atoms with Gasteiger partial charge in [-0.25, -0.2) is 9.50 Å². The summed E-state index contributed by atoms with van der Waals surface area (Å²) in [6.45, 7) is 3.36. The largest absolute Gasteiger partial charge is 0.355 e. The van der Waals surface area contributed by atoms with Crippen LogP contribution in [0.4, 0.5) is 0 Å². The van der Waals surface area contributed by atoms with Gasteiger partial charge in [0, 0.05) is 37.1 Å². The van der Waals surface area contributed by atoms with Crippen LogP contribution < -0.4 is 10.6 Å². The Labute approximate surface area is 117 Å². The van der Waals surface area contributed by atoms with Crippen molar-refractivity contribution in [3.8, 4) is 0 Å². The first-order chi connectivity index (χ1) is 9.72. The van der Waals surface area contributed by atoms with E-state index in [-0.39, 0.29) is 11.9 Å². The molecule has 6 heteroatoms. The maximum absolute atomic E-state index is 11.8. The topological polar surface area (TPSA) is 71.3 Å². The minimum atomic E-state index is -0.104. The quantitative estimate of drug-likeness (QED) is 0.867. The smallest absolute Gasteiger partial charge is 0.237 e. The monoisotopic (exact) mass is 273 g/mol. The molecule has 0 spiro atoms. The van der Waals surface area contributed by atoms with Gasteiger partial charge in [-0.2, -0.15) is 5.10 Å². The Bertz CT molecular complexity index is 621. The Morgan fingerprint density at radius 3 is 3.30 bits per heavy atom. The summed E-state index contributed by atoms with van der Waals surface area (Å²) in [5.74, 6) is 0.103. The van der Waals surface area contributed by atoms with Crippen molar-refractivity contribution in [2.45, 2.75) is 38.8 Å². The van der Waals surface area contributed by atoms with Crippen LogP contribution in [0.15, 0.2) is 18.5 Å². The van der Waals surface area contributed by atoms with Gasteiger partial charge in [0.15, 0.2) is 5.65 Å². The van der Waals surface area contributed by atoms with E-state index in [1.165, 1.54) is 0 Å². The van der Waals surface area contributed by atoms with Gasteiger partial charge in [-0.1, -0.05) is 0 Å². The molecule has 6 nitrogen and oxygen atoms in total. The van der Waals surface area contributed by atoms with Crippen molar-refractivity contribution >= 4 is 11.6 Å². The van der Waals surface area contributed by atoms with Crippen molar-refractivity contribution in [2.75, 3.05) is 6.54 Å². The molecule has 1 atom stereocenters. The molecule has 2 aromatic rings. The summed E-state index contributed by atoms with van der Waals surface area (Å²) in [7, 11) is 0. The zero-order valence-electron chi connectivity index (χ0n) is 11.6. The van der Waals surface area contributed by atoms with E-state index < -0.39 is 0 Å². The minimum absolute atomic E-state index is 0.103. The van der Waals surface area contributed by atoms with E-state index in [9.17, 15) is 4.79 Å². The van der Waals surface area contributed by atoms with Gasteiger partial charge in [0.05, 0.1) is 11.7 Å². The fourth-order valence-corrected chi connectivity index (χ4v) is 2.50. The molecule has 2 aromatic heterocycles. The average Bonchev–Trinajstić information content (AvgIpc) is 2.67. The molecule has 0 aliphatic carbocycles. The number of nitrogens with one attached hydrogen (secondary N) is 2. The lowest BCUT2D eigenvalue weighted by molar-refractivity contribution is -0.122. The van der Waals surface area contributed by atoms with Crippen LogP contribution in [-0.4, -0.2) is 33.1 Å². The van der Waals surface area contributed by atoms with Crippen LogP contribution >= 0.6 is 0 Å². The van der Waals surface area contributed by atoms with E-state index >= 15 is 0 Å². The second-order valence-corrected chi connectivity index (χ2v) is 5.27. The third-order valence-corrected chi connectivity index (χ3v) is 3.58. The van der Waals surface area contributed by atoms with Crippen molar-refractivity contribution in [1.29, 1.82) is 0 Å². The molecule has 106 valence electrons. The van der Waals surface area contributed by atoms with Crippen LogP contribution in [0.5, 0.6) is 0 Å². The van der Waals surface area contributed by atoms with Gasteiger partial charge in [-0.05, 0) is 26.2 Å². The Morgan fingerprint density at radius 2 is 2.40 bits per heavy atom. The highest BCUT2D eigenvalue weighted by Crippen LogP contribution is 2.08. The van der Waals surface area contributed by atoms with Gasteiger partial charge in [0.1, 0.15) is 0 Å². The number of amides is 1. The number of aromatic nitrogens is 3. The summed E-state index contributed by atoms with van der Waals surface area (Å²) in [5, 5.41) is 10.6. The molecular formula is C14H19N5O. The predicted molar refractivity (Wildman–Crippen MR) is 75.2 cm³/mol. The summed E-state index contributed by atoms with van der Waals surface area (Å²) in [4.78, 5) is 16.2. The average molecular weight is 273 g/mol. The van der Waals surface area contributed by atoms with Crippen molar-refractivity contribution in [2.24, 2.45) is 0 Å². The summed E-state index contributed by atoms with van der Waals surface area (Å²) < 4.78 is 1.78. The van der Waals surface area contributed by atoms with Gasteiger partial charge in [-0.15, -0.1) is 0 Å². The van der Waals surface area contributed by atoms with E-state index in [0.29, 0.717) is 6.54 Å². The minimum Gasteiger partial charge on any atom is -0.355 e. The standard InChI is InChI=1S/C14H19N5O/c1-10-6-13-17-8-11(9-19(13)18-10)7-16-12-4-2-3-5-15-14(12)20/h6,8-9,12,16H,2-5,7H2,1H3,(H,15,20). The van der Waals surface area contributed by atoms with Gasteiger partial charge >= 0.3 is 0 Å². The zero-order chi connectivity index (χ0) is 13.9. The number of fused-ring (bicyclic) bond motifs is 1. The maximum Gasteiger partial charge on any atom is 0.237 e. The number of aryl methyl sites for hydroxylation is 1. The number of hydrogen-bond donors (Lipinski definition) is 2. The lowest BCUT2D eigenvalue weighted by atomic mass is 10.1. The molecule has 1 saturated heterocycles. The third kappa shape index (κ3) is 2.80. The Kier molecular flexibility index (Phi) is 3.64. The first-order valence-electron chi connectivity index (χ1n) is 7.04. The van der Waals surface area contributed by atoms with Crippen LogP contribution in [0.1, 0.15) is 30.5 Å². The van der Waals surface area contributed by atoms with Crippen LogP contribution in [0.25, 0.3) is 5.65 Å². The molecule has 3 rings (SSSR count). The number of rotatable bonds is 3. The Morgan fingerprint density at radius 1 is 1.50 bits per heavy atom. The van der Waals surface area contributed by atoms with E-state index in [1.807, 2.05) is 25.4 Å². The van der Waals surface area contributed by atoms with Crippen molar-refractivity contribution in [1.82, 2.24) is 25.2 Å². The molecule has 0 bridgehead atoms. The summed E-state index contributed by atoms with van der Waals surface area (Å²) in [6, 6.07) is 1.84. The molecule has 20 heavy (non-hydrogen) atoms. The van der Waals surface area contributed by atoms with E-state index in [4.69, 9.17) is 0 Å². The fourth-order valence-electron chi connectivity index (χ4n) is 2.50. The van der Waals surface area contributed by atoms with Gasteiger partial charge in [0.2, 0.25) is 5.91 Å². The summed E-state index contributed by atoms with van der Waals surface area (Å²) >= 11 is 0. The molecule has 1 aliphatic heterocycles. The van der Waals surface area contributed by atoms with E-state index in [2.05, 4.69) is 20.7 Å². The summed E-state index contributed by atoms with van der Waals surface area (Å²) in [5.41, 5.74) is 2.82. The highest BCUT2D eigenvalue weighted by atomic mass is 16.2. The SMILES string of the molecule is Cc1cc2ncc(CNC3CCCCNC3=O)cn2n1. The molecule has 1 fully saturated rings. The van der Waals surface area contributed by atoms with Gasteiger partial charge in [0.25, 0.3) is 0 Å². The van der Waals surface area contributed by atoms with Crippen LogP contribution in [0.2, 0.25) is 0 Å². The molecule has 0 radical (unpaired) electrons. The molecule has 0 aromatic carbocycles. The summed E-state index contributed by atoms with van der Waals surface area (Å²) in [6.07, 6.45) is 6.81. The maximum atomic E-state index is 11.8. The lowest BCUT2D eigenvalue weighted by Crippen LogP contribution is -2.42. The highest BCUT2D eigenvalue weighted by Gasteiger charge is 2.19. The van der Waals surface area contributed by atoms with Crippen molar-refractivity contribution < 1.29 is 4.79 Å². The van der Waals surface area contributed by atoms with E-state index in [0.717, 1.165) is 42.7 Å². The van der Waals surface area contributed by atoms with Crippen molar-refractivity contribution in [3.63, 3.8) is 0 Å². The van der Waals surface area contributed by atoms with Crippen molar-refractivity contribution in [3.05, 3.63) is 29.7 Å². The van der Waals surface area contributed by atoms with Gasteiger partial charge < -0.3 is 10.6 Å². The number of hydrogen-bond acceptors (Lipinski definition) is 4. The first kappa shape index (κ1) is 13.1. The predicted octanol–water partition coefficient (Wildman–Crippen LogP) is 0.796. The molecule has 1 unspecified atom stereocenters. The molecule has 1 aliphatic rings. The number of carbonyl (C=O) groups is 1. The van der Waals surface area contributed by atoms with Crippen LogP contribution in [0, 0.1) is 6.92 Å². The highest BCUT2D eigenvalue weighted by molar-refractivity contribution is 5.81. The lowest BCUT2D eigenvalue weighted by Gasteiger charge is -2.14. The number of nitrogens with zero attached hydrogens (tertiary/aromatic N) is 3. The Hall–Kier alpha value is -1.95. The Balaban J connectivity index is 1.67. The number of carbonyl (C=O) groups excluding carboxylic acids is 1. The second-order valence-electron chi connectivity index (χ2n) is 5.27. The molecule has 0 saturated carbocycles. The van der Waals surface area contributed by atoms with Crippen LogP contribution in [0.3, 0.4) is 0 Å². The third-order valence-electron chi connectivity index (χ3n) is 3.58. The molecule has 2 N–H and O–H groups in total. The molecule has 3 heterocycles. The fraction of sp³-hybridized carbons (Fsp3) is 0.500. The van der Waals surface area contributed by atoms with Gasteiger partial charge in [-0.3, -0.25) is 4.79 Å². The van der Waals surface area contributed by atoms with E-state index in [1.54, 1.807) is 4.52 Å². The normalized spacial score (nSPS) is 19.9. The molecule has 1 amide bonds.